The smallest absolute Gasteiger partial charge is 0.320 e. The van der Waals surface area contributed by atoms with Crippen molar-refractivity contribution in [2.75, 3.05) is 5.32 Å². The number of nitrogens with zero attached hydrogens (tertiary/aromatic N) is 5. The molecule has 3 aromatic heterocycles. The van der Waals surface area contributed by atoms with Gasteiger partial charge in [-0.25, -0.2) is 8.78 Å². The largest absolute Gasteiger partial charge is 0.408 e. The van der Waals surface area contributed by atoms with Gasteiger partial charge in [-0.15, -0.1) is 10.2 Å². The number of hydrogen-bond donors (Lipinski definition) is 1. The molecule has 5 aromatic rings. The van der Waals surface area contributed by atoms with Crippen LogP contribution in [0, 0.1) is 0 Å². The van der Waals surface area contributed by atoms with E-state index in [1.54, 1.807) is 36.4 Å². The molecule has 1 amide bonds. The molecule has 0 saturated heterocycles. The van der Waals surface area contributed by atoms with E-state index in [4.69, 9.17) is 0 Å². The fourth-order valence-electron chi connectivity index (χ4n) is 3.70. The number of anilines is 1. The second kappa shape index (κ2) is 9.65. The van der Waals surface area contributed by atoms with Gasteiger partial charge < -0.3 is 5.32 Å². The van der Waals surface area contributed by atoms with E-state index >= 15 is 0 Å². The lowest BCUT2D eigenvalue weighted by Gasteiger charge is -2.11. The second-order valence-corrected chi connectivity index (χ2v) is 8.89. The Labute approximate surface area is 209 Å². The minimum absolute atomic E-state index is 0.309. The lowest BCUT2D eigenvalue weighted by molar-refractivity contribution is -0.142. The Bertz CT molecular complexity index is 1580. The molecule has 0 atom stereocenters. The lowest BCUT2D eigenvalue weighted by atomic mass is 10.0. The Morgan fingerprint density at radius 2 is 1.81 bits per heavy atom. The third-order valence-corrected chi connectivity index (χ3v) is 6.31. The van der Waals surface area contributed by atoms with Gasteiger partial charge >= 0.3 is 6.18 Å². The van der Waals surface area contributed by atoms with Gasteiger partial charge in [0.2, 0.25) is 0 Å². The summed E-state index contributed by atoms with van der Waals surface area (Å²) in [6.07, 6.45) is -2.96. The molecule has 2 aromatic carbocycles. The van der Waals surface area contributed by atoms with Crippen LogP contribution in [0.5, 0.6) is 0 Å². The van der Waals surface area contributed by atoms with E-state index in [1.165, 1.54) is 30.7 Å². The van der Waals surface area contributed by atoms with Crippen molar-refractivity contribution in [1.29, 1.82) is 0 Å². The van der Waals surface area contributed by atoms with Crippen molar-refractivity contribution in [3.8, 4) is 21.7 Å². The van der Waals surface area contributed by atoms with Crippen molar-refractivity contribution >= 4 is 33.8 Å². The van der Waals surface area contributed by atoms with E-state index in [1.807, 2.05) is 0 Å². The summed E-state index contributed by atoms with van der Waals surface area (Å²) in [6.45, 7) is -1.21. The van der Waals surface area contributed by atoms with Crippen molar-refractivity contribution in [1.82, 2.24) is 25.0 Å². The van der Waals surface area contributed by atoms with Gasteiger partial charge in [0.15, 0.2) is 5.01 Å². The number of pyridine rings is 1. The highest BCUT2D eigenvalue weighted by Crippen LogP contribution is 2.32. The summed E-state index contributed by atoms with van der Waals surface area (Å²) in [7, 11) is 0. The van der Waals surface area contributed by atoms with Gasteiger partial charge in [-0.1, -0.05) is 35.6 Å². The van der Waals surface area contributed by atoms with Crippen molar-refractivity contribution in [2.45, 2.75) is 19.1 Å². The quantitative estimate of drug-likeness (QED) is 0.258. The number of alkyl halides is 5. The maximum absolute atomic E-state index is 12.9. The molecule has 0 aliphatic heterocycles. The van der Waals surface area contributed by atoms with E-state index in [9.17, 15) is 26.7 Å². The van der Waals surface area contributed by atoms with Crippen LogP contribution < -0.4 is 5.32 Å². The topological polar surface area (TPSA) is 85.6 Å². The number of carbonyl (C=O) groups is 1. The highest BCUT2D eigenvalue weighted by molar-refractivity contribution is 7.14. The molecule has 0 bridgehead atoms. The van der Waals surface area contributed by atoms with Crippen molar-refractivity contribution in [2.24, 2.45) is 0 Å². The average molecular weight is 530 g/mol. The zero-order valence-corrected chi connectivity index (χ0v) is 19.4. The first kappa shape index (κ1) is 24.4. The Morgan fingerprint density at radius 1 is 1.03 bits per heavy atom. The van der Waals surface area contributed by atoms with E-state index in [0.29, 0.717) is 43.9 Å². The molecule has 0 unspecified atom stereocenters. The van der Waals surface area contributed by atoms with Crippen molar-refractivity contribution < 1.29 is 26.7 Å². The predicted molar refractivity (Wildman–Crippen MR) is 127 cm³/mol. The number of nitrogens with one attached hydrogen (secondary N) is 1. The second-order valence-electron chi connectivity index (χ2n) is 7.88. The number of halogens is 5. The SMILES string of the molecule is O=C(Nc1cccc2c(-c3cnn(CC(F)(F)F)c3)ccnc12)c1ccc(-c2nnc(C(F)F)s2)cc1. The maximum atomic E-state index is 12.9. The first-order valence-electron chi connectivity index (χ1n) is 10.7. The van der Waals surface area contributed by atoms with Crippen LogP contribution in [0.25, 0.3) is 32.6 Å². The number of fused-ring (bicyclic) bond motifs is 1. The molecule has 0 aliphatic carbocycles. The number of para-hydroxylation sites is 1. The Hall–Kier alpha value is -4.26. The molecule has 0 aliphatic rings. The van der Waals surface area contributed by atoms with Gasteiger partial charge in [0.1, 0.15) is 11.6 Å². The molecule has 0 radical (unpaired) electrons. The number of aromatic nitrogens is 5. The van der Waals surface area contributed by atoms with E-state index in [0.717, 1.165) is 16.0 Å². The number of amides is 1. The monoisotopic (exact) mass is 530 g/mol. The Kier molecular flexibility index (Phi) is 6.38. The zero-order valence-electron chi connectivity index (χ0n) is 18.6. The molecule has 3 heterocycles. The maximum Gasteiger partial charge on any atom is 0.408 e. The van der Waals surface area contributed by atoms with E-state index in [2.05, 4.69) is 25.6 Å². The number of rotatable bonds is 6. The third kappa shape index (κ3) is 5.31. The van der Waals surface area contributed by atoms with Gasteiger partial charge in [0.25, 0.3) is 12.3 Å². The molecule has 0 saturated carbocycles. The third-order valence-electron chi connectivity index (χ3n) is 5.33. The first-order chi connectivity index (χ1) is 17.7. The van der Waals surface area contributed by atoms with Crippen LogP contribution in [0.15, 0.2) is 67.1 Å². The van der Waals surface area contributed by atoms with Gasteiger partial charge in [-0.2, -0.15) is 18.3 Å². The molecule has 7 nitrogen and oxygen atoms in total. The van der Waals surface area contributed by atoms with Gasteiger partial charge in [-0.05, 0) is 29.8 Å². The van der Waals surface area contributed by atoms with Crippen LogP contribution in [0.3, 0.4) is 0 Å². The summed E-state index contributed by atoms with van der Waals surface area (Å²) < 4.78 is 64.5. The molecule has 5 rings (SSSR count). The summed E-state index contributed by atoms with van der Waals surface area (Å²) in [5, 5.41) is 14.4. The number of benzene rings is 2. The normalized spacial score (nSPS) is 11.8. The highest BCUT2D eigenvalue weighted by atomic mass is 32.1. The number of carbonyl (C=O) groups excluding carboxylic acids is 1. The molecule has 37 heavy (non-hydrogen) atoms. The summed E-state index contributed by atoms with van der Waals surface area (Å²) in [5.74, 6) is -0.435. The Morgan fingerprint density at radius 3 is 2.51 bits per heavy atom. The van der Waals surface area contributed by atoms with Crippen molar-refractivity contribution in [3.63, 3.8) is 0 Å². The minimum Gasteiger partial charge on any atom is -0.320 e. The summed E-state index contributed by atoms with van der Waals surface area (Å²) >= 11 is 0.773. The van der Waals surface area contributed by atoms with Crippen LogP contribution in [0.2, 0.25) is 0 Å². The van der Waals surface area contributed by atoms with E-state index < -0.39 is 25.1 Å². The standard InChI is InChI=1S/C24H15F5N6OS/c25-20(26)23-34-33-22(37-23)14-6-4-13(5-7-14)21(36)32-18-3-1-2-17-16(8-9-30-19(17)18)15-10-31-35(11-15)12-24(27,28)29/h1-11,20H,12H2,(H,32,36). The fourth-order valence-corrected chi connectivity index (χ4v) is 4.40. The number of hydrogen-bond acceptors (Lipinski definition) is 6. The van der Waals surface area contributed by atoms with Gasteiger partial charge in [-0.3, -0.25) is 14.5 Å². The van der Waals surface area contributed by atoms with Crippen LogP contribution in [-0.4, -0.2) is 37.0 Å². The van der Waals surface area contributed by atoms with Crippen molar-refractivity contribution in [3.05, 3.63) is 77.7 Å². The molecule has 13 heteroatoms. The van der Waals surface area contributed by atoms with Crippen LogP contribution in [0.1, 0.15) is 21.8 Å². The lowest BCUT2D eigenvalue weighted by Crippen LogP contribution is -2.17. The minimum atomic E-state index is -4.40. The highest BCUT2D eigenvalue weighted by Gasteiger charge is 2.28. The first-order valence-corrected chi connectivity index (χ1v) is 11.5. The summed E-state index contributed by atoms with van der Waals surface area (Å²) in [5.41, 5.74) is 2.79. The molecular weight excluding hydrogens is 515 g/mol. The molecule has 0 fully saturated rings. The Balaban J connectivity index is 1.39. The molecule has 188 valence electrons. The fraction of sp³-hybridized carbons (Fsp3) is 0.125. The van der Waals surface area contributed by atoms with Crippen LogP contribution in [-0.2, 0) is 6.54 Å². The van der Waals surface area contributed by atoms with Gasteiger partial charge in [0, 0.05) is 34.5 Å². The molecule has 0 spiro atoms. The summed E-state index contributed by atoms with van der Waals surface area (Å²) in [6, 6.07) is 13.0. The molecular formula is C24H15F5N6OS. The van der Waals surface area contributed by atoms with Crippen LogP contribution >= 0.6 is 11.3 Å². The predicted octanol–water partition coefficient (Wildman–Crippen LogP) is 6.37. The van der Waals surface area contributed by atoms with Crippen LogP contribution in [0.4, 0.5) is 27.6 Å². The average Bonchev–Trinajstić information content (AvgIpc) is 3.53. The summed E-state index contributed by atoms with van der Waals surface area (Å²) in [4.78, 5) is 17.3. The van der Waals surface area contributed by atoms with Gasteiger partial charge in [0.05, 0.1) is 17.4 Å². The van der Waals surface area contributed by atoms with E-state index in [-0.39, 0.29) is 5.01 Å². The molecule has 1 N–H and O–H groups in total. The zero-order chi connectivity index (χ0) is 26.2.